The highest BCUT2D eigenvalue weighted by molar-refractivity contribution is 7.26. The van der Waals surface area contributed by atoms with E-state index in [2.05, 4.69) is 191 Å². The van der Waals surface area contributed by atoms with E-state index in [1.165, 1.54) is 97.4 Å². The van der Waals surface area contributed by atoms with E-state index in [-0.39, 0.29) is 0 Å². The Morgan fingerprint density at radius 2 is 0.980 bits per heavy atom. The van der Waals surface area contributed by atoms with Gasteiger partial charge in [-0.1, -0.05) is 140 Å². The summed E-state index contributed by atoms with van der Waals surface area (Å²) < 4.78 is 7.64. The Labute approximate surface area is 298 Å². The maximum Gasteiger partial charge on any atom is 0.0783 e. The lowest BCUT2D eigenvalue weighted by Gasteiger charge is -2.17. The number of hydrogen-bond donors (Lipinski definition) is 0. The van der Waals surface area contributed by atoms with Crippen molar-refractivity contribution in [2.75, 3.05) is 0 Å². The maximum absolute atomic E-state index is 2.53. The normalized spacial score (nSPS) is 11.9. The highest BCUT2D eigenvalue weighted by atomic mass is 32.1. The van der Waals surface area contributed by atoms with Gasteiger partial charge in [0.15, 0.2) is 0 Å². The number of rotatable bonds is 4. The van der Waals surface area contributed by atoms with Crippen LogP contribution in [-0.4, -0.2) is 9.13 Å². The minimum absolute atomic E-state index is 1.17. The average Bonchev–Trinajstić information content (AvgIpc) is 3.86. The van der Waals surface area contributed by atoms with Crippen LogP contribution in [0.4, 0.5) is 0 Å². The average molecular weight is 667 g/mol. The molecule has 0 unspecified atom stereocenters. The molecule has 3 aromatic heterocycles. The number of nitrogens with zero attached hydrogens (tertiary/aromatic N) is 2. The molecule has 0 N–H and O–H groups in total. The Kier molecular flexibility index (Phi) is 6.16. The highest BCUT2D eigenvalue weighted by Gasteiger charge is 2.23. The van der Waals surface area contributed by atoms with E-state index < -0.39 is 0 Å². The number of benzene rings is 8. The van der Waals surface area contributed by atoms with Gasteiger partial charge in [0.05, 0.1) is 33.4 Å². The summed E-state index contributed by atoms with van der Waals surface area (Å²) in [5.74, 6) is 0. The summed E-state index contributed by atoms with van der Waals surface area (Å²) in [6.07, 6.45) is 0. The van der Waals surface area contributed by atoms with Crippen LogP contribution >= 0.6 is 11.3 Å². The number of hydrogen-bond acceptors (Lipinski definition) is 1. The van der Waals surface area contributed by atoms with Crippen LogP contribution in [0.1, 0.15) is 0 Å². The van der Waals surface area contributed by atoms with Crippen molar-refractivity contribution in [2.24, 2.45) is 0 Å². The van der Waals surface area contributed by atoms with E-state index in [4.69, 9.17) is 0 Å². The minimum atomic E-state index is 1.17. The van der Waals surface area contributed by atoms with Crippen LogP contribution in [0.25, 0.3) is 97.4 Å². The first-order chi connectivity index (χ1) is 25.3. The van der Waals surface area contributed by atoms with Gasteiger partial charge in [-0.25, -0.2) is 0 Å². The molecule has 0 radical (unpaired) electrons. The fraction of sp³-hybridized carbons (Fsp3) is 0. The van der Waals surface area contributed by atoms with Gasteiger partial charge in [0, 0.05) is 47.3 Å². The van der Waals surface area contributed by atoms with Crippen molar-refractivity contribution in [3.8, 4) is 33.6 Å². The predicted molar refractivity (Wildman–Crippen MR) is 219 cm³/mol. The number of aromatic nitrogens is 2. The topological polar surface area (TPSA) is 9.86 Å². The van der Waals surface area contributed by atoms with Gasteiger partial charge in [0.1, 0.15) is 0 Å². The Balaban J connectivity index is 1.31. The lowest BCUT2D eigenvalue weighted by Crippen LogP contribution is -2.02. The van der Waals surface area contributed by atoms with Gasteiger partial charge in [-0.3, -0.25) is 0 Å². The van der Waals surface area contributed by atoms with Gasteiger partial charge in [-0.2, -0.15) is 0 Å². The van der Waals surface area contributed by atoms with Crippen molar-refractivity contribution in [3.05, 3.63) is 182 Å². The van der Waals surface area contributed by atoms with Crippen LogP contribution in [0.15, 0.2) is 182 Å². The van der Waals surface area contributed by atoms with E-state index in [0.717, 1.165) is 0 Å². The first kappa shape index (κ1) is 28.4. The predicted octanol–water partition coefficient (Wildman–Crippen LogP) is 13.6. The zero-order valence-corrected chi connectivity index (χ0v) is 28.4. The lowest BCUT2D eigenvalue weighted by molar-refractivity contribution is 1.13. The van der Waals surface area contributed by atoms with Crippen molar-refractivity contribution >= 4 is 75.1 Å². The summed E-state index contributed by atoms with van der Waals surface area (Å²) in [5.41, 5.74) is 12.1. The van der Waals surface area contributed by atoms with E-state index in [1.54, 1.807) is 0 Å². The van der Waals surface area contributed by atoms with Gasteiger partial charge in [-0.05, 0) is 59.2 Å². The molecule has 3 heterocycles. The first-order valence-electron chi connectivity index (χ1n) is 17.4. The van der Waals surface area contributed by atoms with Crippen molar-refractivity contribution < 1.29 is 0 Å². The Bertz CT molecular complexity index is 3070. The zero-order chi connectivity index (χ0) is 33.5. The molecule has 3 heteroatoms. The van der Waals surface area contributed by atoms with E-state index in [0.29, 0.717) is 0 Å². The van der Waals surface area contributed by atoms with Crippen LogP contribution in [0, 0.1) is 0 Å². The molecule has 0 atom stereocenters. The molecule has 0 amide bonds. The molecule has 0 aliphatic rings. The van der Waals surface area contributed by atoms with E-state index in [1.807, 2.05) is 11.3 Å². The summed E-state index contributed by atoms with van der Waals surface area (Å²) in [6.45, 7) is 0. The van der Waals surface area contributed by atoms with Crippen LogP contribution in [-0.2, 0) is 0 Å². The second kappa shape index (κ2) is 11.0. The molecular weight excluding hydrogens is 637 g/mol. The third kappa shape index (κ3) is 4.16. The summed E-state index contributed by atoms with van der Waals surface area (Å²) in [4.78, 5) is 0. The molecule has 11 aromatic rings. The number of thiophene rings is 1. The van der Waals surface area contributed by atoms with Crippen molar-refractivity contribution in [1.29, 1.82) is 0 Å². The van der Waals surface area contributed by atoms with E-state index in [9.17, 15) is 0 Å². The van der Waals surface area contributed by atoms with Gasteiger partial charge in [0.2, 0.25) is 0 Å². The van der Waals surface area contributed by atoms with Gasteiger partial charge in [0.25, 0.3) is 0 Å². The first-order valence-corrected chi connectivity index (χ1v) is 18.3. The molecule has 0 saturated heterocycles. The van der Waals surface area contributed by atoms with Gasteiger partial charge >= 0.3 is 0 Å². The van der Waals surface area contributed by atoms with E-state index >= 15 is 0 Å². The van der Waals surface area contributed by atoms with Crippen molar-refractivity contribution in [2.45, 2.75) is 0 Å². The molecule has 51 heavy (non-hydrogen) atoms. The number of fused-ring (bicyclic) bond motifs is 10. The van der Waals surface area contributed by atoms with Crippen LogP contribution in [0.3, 0.4) is 0 Å². The summed E-state index contributed by atoms with van der Waals surface area (Å²) in [6, 6.07) is 66.5. The maximum atomic E-state index is 2.53. The Morgan fingerprint density at radius 1 is 0.353 bits per heavy atom. The monoisotopic (exact) mass is 666 g/mol. The molecule has 2 nitrogen and oxygen atoms in total. The fourth-order valence-corrected chi connectivity index (χ4v) is 9.56. The second-order valence-electron chi connectivity index (χ2n) is 13.3. The fourth-order valence-electron chi connectivity index (χ4n) is 8.32. The molecule has 238 valence electrons. The van der Waals surface area contributed by atoms with Gasteiger partial charge in [-0.15, -0.1) is 11.3 Å². The minimum Gasteiger partial charge on any atom is -0.307 e. The molecule has 0 saturated carbocycles. The van der Waals surface area contributed by atoms with Gasteiger partial charge < -0.3 is 9.13 Å². The molecular formula is C48H30N2S. The zero-order valence-electron chi connectivity index (χ0n) is 27.6. The molecule has 11 rings (SSSR count). The summed E-state index contributed by atoms with van der Waals surface area (Å²) in [5, 5.41) is 7.69. The number of para-hydroxylation sites is 4. The SMILES string of the molecule is c1ccc(-c2ccc3sc4c(ccc5c4c4cccc(-n6c7ccccc7c7ccccc76)c4n5-c4ccccc4-c4ccccc4)c3c2)cc1. The lowest BCUT2D eigenvalue weighted by atomic mass is 10.0. The summed E-state index contributed by atoms with van der Waals surface area (Å²) in [7, 11) is 0. The largest absolute Gasteiger partial charge is 0.307 e. The third-order valence-corrected chi connectivity index (χ3v) is 11.7. The molecule has 0 aliphatic carbocycles. The molecule has 8 aromatic carbocycles. The smallest absolute Gasteiger partial charge is 0.0783 e. The van der Waals surface area contributed by atoms with Crippen LogP contribution in [0.2, 0.25) is 0 Å². The standard InChI is InChI=1S/C48H30N2S/c1-3-14-31(15-4-1)33-26-29-45-39(30-33)37-27-28-43-46(48(37)51-45)38-21-13-25-44(49-41-23-11-8-19-35(41)36-20-9-12-24-42(36)49)47(38)50(43)40-22-10-7-18-34(40)32-16-5-2-6-17-32/h1-30H. The third-order valence-electron chi connectivity index (χ3n) is 10.5. The molecule has 0 fully saturated rings. The van der Waals surface area contributed by atoms with Crippen LogP contribution in [0.5, 0.6) is 0 Å². The second-order valence-corrected chi connectivity index (χ2v) is 14.3. The molecule has 0 bridgehead atoms. The Hall–Kier alpha value is -6.42. The molecule has 0 spiro atoms. The summed E-state index contributed by atoms with van der Waals surface area (Å²) >= 11 is 1.91. The Morgan fingerprint density at radius 3 is 1.75 bits per heavy atom. The van der Waals surface area contributed by atoms with Crippen LogP contribution < -0.4 is 0 Å². The molecule has 0 aliphatic heterocycles. The quantitative estimate of drug-likeness (QED) is 0.177. The highest BCUT2D eigenvalue weighted by Crippen LogP contribution is 2.47. The van der Waals surface area contributed by atoms with Crippen molar-refractivity contribution in [1.82, 2.24) is 9.13 Å². The van der Waals surface area contributed by atoms with Crippen molar-refractivity contribution in [3.63, 3.8) is 0 Å².